The summed E-state index contributed by atoms with van der Waals surface area (Å²) in [4.78, 5) is 38.0. The SMILES string of the molecule is COc1ncc(-c2ncc(F)c3c(C(=O)C(C)=O)c[nH]c23)cn1. The van der Waals surface area contributed by atoms with Crippen LogP contribution in [0.15, 0.2) is 24.8 Å². The number of H-pyrrole nitrogens is 1. The van der Waals surface area contributed by atoms with Crippen molar-refractivity contribution in [2.45, 2.75) is 6.92 Å². The van der Waals surface area contributed by atoms with Crippen molar-refractivity contribution in [3.8, 4) is 17.3 Å². The van der Waals surface area contributed by atoms with Crippen LogP contribution in [0.4, 0.5) is 4.39 Å². The lowest BCUT2D eigenvalue weighted by Gasteiger charge is -2.04. The third-order valence-corrected chi connectivity index (χ3v) is 3.31. The predicted octanol–water partition coefficient (Wildman–Crippen LogP) is 1.94. The Kier molecular flexibility index (Phi) is 3.57. The first-order chi connectivity index (χ1) is 11.0. The monoisotopic (exact) mass is 314 g/mol. The molecule has 1 N–H and O–H groups in total. The van der Waals surface area contributed by atoms with Gasteiger partial charge in [-0.1, -0.05) is 0 Å². The fraction of sp³-hybridized carbons (Fsp3) is 0.133. The lowest BCUT2D eigenvalue weighted by molar-refractivity contribution is -0.113. The molecule has 0 aliphatic carbocycles. The quantitative estimate of drug-likeness (QED) is 0.584. The van der Waals surface area contributed by atoms with Crippen LogP contribution in [-0.4, -0.2) is 38.6 Å². The van der Waals surface area contributed by atoms with Gasteiger partial charge in [0.25, 0.3) is 0 Å². The molecule has 0 atom stereocenters. The zero-order chi connectivity index (χ0) is 16.6. The van der Waals surface area contributed by atoms with Crippen LogP contribution in [0.2, 0.25) is 0 Å². The van der Waals surface area contributed by atoms with Crippen LogP contribution in [0.5, 0.6) is 6.01 Å². The first-order valence-corrected chi connectivity index (χ1v) is 6.60. The predicted molar refractivity (Wildman–Crippen MR) is 78.6 cm³/mol. The van der Waals surface area contributed by atoms with E-state index in [0.29, 0.717) is 16.8 Å². The Labute approximate surface area is 129 Å². The van der Waals surface area contributed by atoms with Gasteiger partial charge in [0, 0.05) is 31.1 Å². The largest absolute Gasteiger partial charge is 0.467 e. The molecule has 0 spiro atoms. The third-order valence-electron chi connectivity index (χ3n) is 3.31. The molecule has 23 heavy (non-hydrogen) atoms. The number of carbonyl (C=O) groups excluding carboxylic acids is 2. The zero-order valence-corrected chi connectivity index (χ0v) is 12.3. The molecule has 8 heteroatoms. The van der Waals surface area contributed by atoms with Gasteiger partial charge in [-0.25, -0.2) is 14.4 Å². The molecule has 3 aromatic heterocycles. The van der Waals surface area contributed by atoms with Crippen LogP contribution in [0.3, 0.4) is 0 Å². The Morgan fingerprint density at radius 3 is 2.48 bits per heavy atom. The number of methoxy groups -OCH3 is 1. The smallest absolute Gasteiger partial charge is 0.316 e. The van der Waals surface area contributed by atoms with Gasteiger partial charge < -0.3 is 9.72 Å². The number of rotatable bonds is 4. The van der Waals surface area contributed by atoms with Crippen LogP contribution in [0, 0.1) is 5.82 Å². The topological polar surface area (TPSA) is 97.8 Å². The Hall–Kier alpha value is -3.16. The highest BCUT2D eigenvalue weighted by Crippen LogP contribution is 2.29. The summed E-state index contributed by atoms with van der Waals surface area (Å²) in [5.41, 5.74) is 1.15. The summed E-state index contributed by atoms with van der Waals surface area (Å²) in [7, 11) is 1.44. The molecule has 0 unspecified atom stereocenters. The Bertz CT molecular complexity index is 918. The van der Waals surface area contributed by atoms with Gasteiger partial charge in [-0.15, -0.1) is 0 Å². The van der Waals surface area contributed by atoms with E-state index in [1.165, 1.54) is 25.7 Å². The Morgan fingerprint density at radius 2 is 1.87 bits per heavy atom. The van der Waals surface area contributed by atoms with E-state index in [-0.39, 0.29) is 17.0 Å². The second-order valence-electron chi connectivity index (χ2n) is 4.75. The number of carbonyl (C=O) groups is 2. The van der Waals surface area contributed by atoms with E-state index in [1.807, 2.05) is 0 Å². The van der Waals surface area contributed by atoms with E-state index >= 15 is 0 Å². The average Bonchev–Trinajstić information content (AvgIpc) is 3.00. The molecule has 3 aromatic rings. The van der Waals surface area contributed by atoms with Gasteiger partial charge in [0.15, 0.2) is 11.6 Å². The summed E-state index contributed by atoms with van der Waals surface area (Å²) >= 11 is 0. The number of ether oxygens (including phenoxy) is 1. The van der Waals surface area contributed by atoms with E-state index in [1.54, 1.807) is 0 Å². The first kappa shape index (κ1) is 14.8. The van der Waals surface area contributed by atoms with E-state index in [9.17, 15) is 14.0 Å². The average molecular weight is 314 g/mol. The van der Waals surface area contributed by atoms with Gasteiger partial charge >= 0.3 is 6.01 Å². The van der Waals surface area contributed by atoms with Gasteiger partial charge in [0.05, 0.1) is 35.5 Å². The molecule has 0 radical (unpaired) electrons. The van der Waals surface area contributed by atoms with E-state index in [0.717, 1.165) is 13.1 Å². The van der Waals surface area contributed by atoms with E-state index < -0.39 is 17.4 Å². The molecule has 0 fully saturated rings. The number of halogens is 1. The molecule has 0 bridgehead atoms. The van der Waals surface area contributed by atoms with E-state index in [4.69, 9.17) is 4.74 Å². The van der Waals surface area contributed by atoms with Crippen molar-refractivity contribution in [2.24, 2.45) is 0 Å². The fourth-order valence-electron chi connectivity index (χ4n) is 2.24. The first-order valence-electron chi connectivity index (χ1n) is 6.60. The van der Waals surface area contributed by atoms with Gasteiger partial charge in [-0.3, -0.25) is 14.6 Å². The molecule has 0 amide bonds. The number of hydrogen-bond acceptors (Lipinski definition) is 6. The number of fused-ring (bicyclic) bond motifs is 1. The van der Waals surface area contributed by atoms with Crippen LogP contribution < -0.4 is 4.74 Å². The molecule has 0 saturated carbocycles. The molecule has 0 saturated heterocycles. The zero-order valence-electron chi connectivity index (χ0n) is 12.3. The van der Waals surface area contributed by atoms with E-state index in [2.05, 4.69) is 19.9 Å². The fourth-order valence-corrected chi connectivity index (χ4v) is 2.24. The summed E-state index contributed by atoms with van der Waals surface area (Å²) < 4.78 is 19.0. The lowest BCUT2D eigenvalue weighted by atomic mass is 10.1. The standard InChI is InChI=1S/C15H11FN4O3/c1-7(21)14(22)9-5-17-13-11(9)10(16)6-18-12(13)8-3-19-15(23-2)20-4-8/h3-6,17H,1-2H3. The number of aromatic amines is 1. The number of pyridine rings is 1. The minimum atomic E-state index is -0.765. The second-order valence-corrected chi connectivity index (χ2v) is 4.75. The molecular weight excluding hydrogens is 303 g/mol. The third kappa shape index (κ3) is 2.44. The summed E-state index contributed by atoms with van der Waals surface area (Å²) in [5.74, 6) is -2.13. The van der Waals surface area contributed by atoms with Crippen LogP contribution in [-0.2, 0) is 4.79 Å². The van der Waals surface area contributed by atoms with Crippen molar-refractivity contribution in [3.05, 3.63) is 36.2 Å². The summed E-state index contributed by atoms with van der Waals surface area (Å²) in [5, 5.41) is 0.0195. The molecular formula is C15H11FN4O3. The number of nitrogens with zero attached hydrogens (tertiary/aromatic N) is 3. The molecule has 3 heterocycles. The number of hydrogen-bond donors (Lipinski definition) is 1. The molecule has 7 nitrogen and oxygen atoms in total. The minimum Gasteiger partial charge on any atom is -0.467 e. The molecule has 0 aliphatic heterocycles. The van der Waals surface area contributed by atoms with Crippen molar-refractivity contribution >= 4 is 22.5 Å². The number of Topliss-reactive ketones (excluding diaryl/α,β-unsaturated/α-hetero) is 2. The minimum absolute atomic E-state index is 0.0195. The van der Waals surface area contributed by atoms with Crippen molar-refractivity contribution in [1.82, 2.24) is 19.9 Å². The Morgan fingerprint density at radius 1 is 1.17 bits per heavy atom. The summed E-state index contributed by atoms with van der Waals surface area (Å²) in [6.07, 6.45) is 5.23. The van der Waals surface area contributed by atoms with Gasteiger partial charge in [-0.2, -0.15) is 0 Å². The highest BCUT2D eigenvalue weighted by Gasteiger charge is 2.21. The highest BCUT2D eigenvalue weighted by molar-refractivity contribution is 6.45. The van der Waals surface area contributed by atoms with Gasteiger partial charge in [0.1, 0.15) is 0 Å². The maximum absolute atomic E-state index is 14.1. The number of aromatic nitrogens is 4. The maximum Gasteiger partial charge on any atom is 0.316 e. The van der Waals surface area contributed by atoms with Crippen LogP contribution in [0.1, 0.15) is 17.3 Å². The highest BCUT2D eigenvalue weighted by atomic mass is 19.1. The van der Waals surface area contributed by atoms with Crippen LogP contribution in [0.25, 0.3) is 22.2 Å². The van der Waals surface area contributed by atoms with Gasteiger partial charge in [-0.05, 0) is 0 Å². The number of ketones is 2. The van der Waals surface area contributed by atoms with Crippen molar-refractivity contribution < 1.29 is 18.7 Å². The van der Waals surface area contributed by atoms with Crippen LogP contribution >= 0.6 is 0 Å². The normalized spacial score (nSPS) is 10.7. The van der Waals surface area contributed by atoms with Gasteiger partial charge in [0.2, 0.25) is 5.78 Å². The molecule has 116 valence electrons. The summed E-state index contributed by atoms with van der Waals surface area (Å²) in [6.45, 7) is 1.14. The summed E-state index contributed by atoms with van der Waals surface area (Å²) in [6, 6.07) is 0.186. The molecule has 0 aromatic carbocycles. The van der Waals surface area contributed by atoms with Crippen molar-refractivity contribution in [1.29, 1.82) is 0 Å². The molecule has 0 aliphatic rings. The second kappa shape index (κ2) is 5.56. The lowest BCUT2D eigenvalue weighted by Crippen LogP contribution is -2.09. The van der Waals surface area contributed by atoms with Crippen molar-refractivity contribution in [2.75, 3.05) is 7.11 Å². The Balaban J connectivity index is 2.21. The molecule has 3 rings (SSSR count). The maximum atomic E-state index is 14.1. The van der Waals surface area contributed by atoms with Crippen molar-refractivity contribution in [3.63, 3.8) is 0 Å². The number of nitrogens with one attached hydrogen (secondary N) is 1.